The molecule has 0 fully saturated rings. The van der Waals surface area contributed by atoms with Gasteiger partial charge < -0.3 is 10.1 Å². The fourth-order valence-electron chi connectivity index (χ4n) is 2.32. The van der Waals surface area contributed by atoms with E-state index in [2.05, 4.69) is 42.0 Å². The van der Waals surface area contributed by atoms with E-state index in [-0.39, 0.29) is 17.5 Å². The minimum absolute atomic E-state index is 0.149. The topological polar surface area (TPSA) is 21.3 Å². The number of benzene rings is 1. The van der Waals surface area contributed by atoms with Gasteiger partial charge in [0.2, 0.25) is 0 Å². The molecule has 0 aliphatic heterocycles. The second-order valence-corrected chi connectivity index (χ2v) is 6.44. The van der Waals surface area contributed by atoms with Crippen LogP contribution >= 0.6 is 15.9 Å². The Hall–Kier alpha value is -0.450. The largest absolute Gasteiger partial charge is 0.374 e. The van der Waals surface area contributed by atoms with Crippen LogP contribution in [-0.4, -0.2) is 24.8 Å². The molecule has 0 heterocycles. The van der Waals surface area contributed by atoms with Crippen molar-refractivity contribution in [2.24, 2.45) is 0 Å². The summed E-state index contributed by atoms with van der Waals surface area (Å²) in [5.41, 5.74) is 0.682. The first-order valence-electron chi connectivity index (χ1n) is 7.21. The number of hydrogen-bond donors (Lipinski definition) is 1. The van der Waals surface area contributed by atoms with Gasteiger partial charge >= 0.3 is 0 Å². The number of rotatable bonds is 8. The molecule has 1 unspecified atom stereocenters. The van der Waals surface area contributed by atoms with Crippen molar-refractivity contribution in [1.29, 1.82) is 0 Å². The molecular weight excluding hydrogens is 321 g/mol. The molecule has 4 heteroatoms. The van der Waals surface area contributed by atoms with E-state index in [0.717, 1.165) is 29.4 Å². The van der Waals surface area contributed by atoms with Gasteiger partial charge in [-0.05, 0) is 63.9 Å². The maximum atomic E-state index is 13.5. The van der Waals surface area contributed by atoms with Gasteiger partial charge in [-0.25, -0.2) is 4.39 Å². The van der Waals surface area contributed by atoms with Crippen molar-refractivity contribution in [2.45, 2.75) is 52.2 Å². The molecule has 0 saturated carbocycles. The summed E-state index contributed by atoms with van der Waals surface area (Å²) in [4.78, 5) is 0. The Morgan fingerprint density at radius 1 is 1.30 bits per heavy atom. The Balaban J connectivity index is 2.88. The minimum Gasteiger partial charge on any atom is -0.374 e. The van der Waals surface area contributed by atoms with Crippen LogP contribution in [0.4, 0.5) is 4.39 Å². The Morgan fingerprint density at radius 3 is 2.55 bits per heavy atom. The lowest BCUT2D eigenvalue weighted by Gasteiger charge is -2.35. The maximum absolute atomic E-state index is 13.5. The summed E-state index contributed by atoms with van der Waals surface area (Å²) >= 11 is 3.35. The lowest BCUT2D eigenvalue weighted by Crippen LogP contribution is -2.50. The average Bonchev–Trinajstić information content (AvgIpc) is 2.33. The normalized spacial score (nSPS) is 13.5. The van der Waals surface area contributed by atoms with Gasteiger partial charge in [-0.2, -0.15) is 0 Å². The fourth-order valence-corrected chi connectivity index (χ4v) is 2.83. The highest BCUT2D eigenvalue weighted by Gasteiger charge is 2.29. The molecule has 20 heavy (non-hydrogen) atoms. The first-order valence-corrected chi connectivity index (χ1v) is 8.00. The number of halogens is 2. The molecule has 1 aromatic carbocycles. The Kier molecular flexibility index (Phi) is 7.13. The zero-order valence-corrected chi connectivity index (χ0v) is 14.4. The molecule has 0 aliphatic rings. The van der Waals surface area contributed by atoms with E-state index in [0.29, 0.717) is 6.61 Å². The molecule has 0 aromatic heterocycles. The van der Waals surface area contributed by atoms with Crippen molar-refractivity contribution in [3.63, 3.8) is 0 Å². The summed E-state index contributed by atoms with van der Waals surface area (Å²) in [7, 11) is 0. The van der Waals surface area contributed by atoms with Gasteiger partial charge in [0.25, 0.3) is 0 Å². The molecule has 0 aliphatic carbocycles. The quantitative estimate of drug-likeness (QED) is 0.757. The Bertz CT molecular complexity index is 403. The summed E-state index contributed by atoms with van der Waals surface area (Å²) in [6, 6.07) is 5.18. The van der Waals surface area contributed by atoms with E-state index in [9.17, 15) is 4.39 Å². The van der Waals surface area contributed by atoms with Crippen LogP contribution in [0.3, 0.4) is 0 Å². The van der Waals surface area contributed by atoms with Gasteiger partial charge in [-0.1, -0.05) is 22.9 Å². The predicted molar refractivity (Wildman–Crippen MR) is 85.6 cm³/mol. The molecule has 114 valence electrons. The van der Waals surface area contributed by atoms with Gasteiger partial charge in [0.1, 0.15) is 5.82 Å². The van der Waals surface area contributed by atoms with Crippen LogP contribution in [0.2, 0.25) is 0 Å². The van der Waals surface area contributed by atoms with E-state index in [1.165, 1.54) is 6.07 Å². The van der Waals surface area contributed by atoms with Crippen molar-refractivity contribution >= 4 is 15.9 Å². The van der Waals surface area contributed by atoms with E-state index < -0.39 is 0 Å². The van der Waals surface area contributed by atoms with E-state index in [4.69, 9.17) is 4.74 Å². The molecule has 0 saturated heterocycles. The molecule has 0 spiro atoms. The molecule has 0 radical (unpaired) electrons. The number of hydrogen-bond acceptors (Lipinski definition) is 2. The third kappa shape index (κ3) is 5.51. The zero-order valence-electron chi connectivity index (χ0n) is 12.8. The van der Waals surface area contributed by atoms with Crippen molar-refractivity contribution < 1.29 is 9.13 Å². The van der Waals surface area contributed by atoms with Crippen molar-refractivity contribution in [2.75, 3.05) is 13.2 Å². The summed E-state index contributed by atoms with van der Waals surface area (Å²) in [6.07, 6.45) is 1.80. The molecule has 2 nitrogen and oxygen atoms in total. The van der Waals surface area contributed by atoms with Gasteiger partial charge in [-0.3, -0.25) is 0 Å². The zero-order chi connectivity index (χ0) is 15.2. The van der Waals surface area contributed by atoms with Crippen LogP contribution in [0.25, 0.3) is 0 Å². The molecule has 1 N–H and O–H groups in total. The molecule has 1 rings (SSSR count). The third-order valence-electron chi connectivity index (χ3n) is 3.36. The van der Waals surface area contributed by atoms with E-state index in [1.54, 1.807) is 6.07 Å². The highest BCUT2D eigenvalue weighted by molar-refractivity contribution is 9.10. The van der Waals surface area contributed by atoms with E-state index >= 15 is 0 Å². The van der Waals surface area contributed by atoms with Crippen molar-refractivity contribution in [3.05, 3.63) is 34.1 Å². The first-order chi connectivity index (χ1) is 9.39. The summed E-state index contributed by atoms with van der Waals surface area (Å²) in [6.45, 7) is 9.89. The van der Waals surface area contributed by atoms with Crippen LogP contribution in [0.5, 0.6) is 0 Å². The predicted octanol–water partition coefficient (Wildman–Crippen LogP) is 4.31. The monoisotopic (exact) mass is 345 g/mol. The van der Waals surface area contributed by atoms with Crippen LogP contribution in [-0.2, 0) is 11.2 Å². The van der Waals surface area contributed by atoms with Gasteiger partial charge in [0.05, 0.1) is 5.60 Å². The summed E-state index contributed by atoms with van der Waals surface area (Å²) in [5, 5.41) is 3.52. The summed E-state index contributed by atoms with van der Waals surface area (Å²) < 4.78 is 20.1. The lowest BCUT2D eigenvalue weighted by atomic mass is 9.92. The lowest BCUT2D eigenvalue weighted by molar-refractivity contribution is -0.0380. The highest BCUT2D eigenvalue weighted by Crippen LogP contribution is 2.22. The Morgan fingerprint density at radius 2 is 2.00 bits per heavy atom. The summed E-state index contributed by atoms with van der Waals surface area (Å²) in [5.74, 6) is -0.210. The van der Waals surface area contributed by atoms with Crippen LogP contribution in [0.1, 0.15) is 39.7 Å². The second kappa shape index (κ2) is 8.11. The molecule has 1 aromatic rings. The van der Waals surface area contributed by atoms with Crippen LogP contribution < -0.4 is 5.32 Å². The fraction of sp³-hybridized carbons (Fsp3) is 0.625. The highest BCUT2D eigenvalue weighted by atomic mass is 79.9. The second-order valence-electron chi connectivity index (χ2n) is 5.52. The SMILES string of the molecule is CCCNC(Cc1cc(F)cc(Br)c1)C(C)(C)OCC. The Labute approximate surface area is 130 Å². The maximum Gasteiger partial charge on any atom is 0.124 e. The molecular formula is C16H25BrFNO. The molecule has 1 atom stereocenters. The van der Waals surface area contributed by atoms with Crippen molar-refractivity contribution in [1.82, 2.24) is 5.32 Å². The van der Waals surface area contributed by atoms with Gasteiger partial charge in [-0.15, -0.1) is 0 Å². The average molecular weight is 346 g/mol. The molecule has 0 amide bonds. The van der Waals surface area contributed by atoms with Crippen LogP contribution in [0, 0.1) is 5.82 Å². The molecule has 0 bridgehead atoms. The number of nitrogens with one attached hydrogen (secondary N) is 1. The van der Waals surface area contributed by atoms with Gasteiger partial charge in [0.15, 0.2) is 0 Å². The smallest absolute Gasteiger partial charge is 0.124 e. The number of ether oxygens (including phenoxy) is 1. The van der Waals surface area contributed by atoms with Gasteiger partial charge in [0, 0.05) is 17.1 Å². The standard InChI is InChI=1S/C16H25BrFNO/c1-5-7-19-15(16(3,4)20-6-2)10-12-8-13(17)11-14(18)9-12/h8-9,11,15,19H,5-7,10H2,1-4H3. The minimum atomic E-state index is -0.289. The first kappa shape index (κ1) is 17.6. The van der Waals surface area contributed by atoms with Crippen LogP contribution in [0.15, 0.2) is 22.7 Å². The third-order valence-corrected chi connectivity index (χ3v) is 3.82. The van der Waals surface area contributed by atoms with E-state index in [1.807, 2.05) is 13.0 Å². The van der Waals surface area contributed by atoms with Crippen molar-refractivity contribution in [3.8, 4) is 0 Å².